The first kappa shape index (κ1) is 13.2. The van der Waals surface area contributed by atoms with Crippen LogP contribution in [0.3, 0.4) is 0 Å². The van der Waals surface area contributed by atoms with Gasteiger partial charge in [-0.1, -0.05) is 46.3 Å². The molecule has 0 spiro atoms. The van der Waals surface area contributed by atoms with Crippen LogP contribution in [0.5, 0.6) is 0 Å². The summed E-state index contributed by atoms with van der Waals surface area (Å²) in [5.41, 5.74) is 3.18. The SMILES string of the molecule is CN1CC(=O)N(Cc2ccccc2)c2cc(Br)ccc21. The number of amides is 1. The van der Waals surface area contributed by atoms with Crippen molar-refractivity contribution in [3.05, 3.63) is 58.6 Å². The Bertz CT molecular complexity index is 642. The summed E-state index contributed by atoms with van der Waals surface area (Å²) in [4.78, 5) is 16.2. The highest BCUT2D eigenvalue weighted by Gasteiger charge is 2.27. The zero-order valence-corrected chi connectivity index (χ0v) is 12.8. The van der Waals surface area contributed by atoms with Gasteiger partial charge >= 0.3 is 0 Å². The van der Waals surface area contributed by atoms with Gasteiger partial charge in [-0.05, 0) is 23.8 Å². The molecule has 3 nitrogen and oxygen atoms in total. The number of fused-ring (bicyclic) bond motifs is 1. The molecule has 1 heterocycles. The molecule has 20 heavy (non-hydrogen) atoms. The van der Waals surface area contributed by atoms with Crippen LogP contribution in [0.1, 0.15) is 5.56 Å². The number of benzene rings is 2. The van der Waals surface area contributed by atoms with Crippen LogP contribution in [0.2, 0.25) is 0 Å². The van der Waals surface area contributed by atoms with Crippen LogP contribution < -0.4 is 9.80 Å². The fourth-order valence-corrected chi connectivity index (χ4v) is 2.83. The van der Waals surface area contributed by atoms with Crippen molar-refractivity contribution in [3.63, 3.8) is 0 Å². The van der Waals surface area contributed by atoms with Gasteiger partial charge in [-0.15, -0.1) is 0 Å². The molecule has 3 rings (SSSR count). The van der Waals surface area contributed by atoms with Gasteiger partial charge in [0.15, 0.2) is 0 Å². The molecule has 4 heteroatoms. The average molecular weight is 331 g/mol. The molecule has 2 aromatic rings. The zero-order chi connectivity index (χ0) is 14.1. The standard InChI is InChI=1S/C16H15BrN2O/c1-18-11-16(20)19(10-12-5-3-2-4-6-12)15-9-13(17)7-8-14(15)18/h2-9H,10-11H2,1H3. The van der Waals surface area contributed by atoms with E-state index in [0.717, 1.165) is 21.4 Å². The molecule has 1 aliphatic rings. The minimum Gasteiger partial charge on any atom is -0.364 e. The number of carbonyl (C=O) groups is 1. The van der Waals surface area contributed by atoms with E-state index in [0.29, 0.717) is 13.1 Å². The van der Waals surface area contributed by atoms with Gasteiger partial charge in [0.1, 0.15) is 0 Å². The van der Waals surface area contributed by atoms with Crippen LogP contribution in [0.25, 0.3) is 0 Å². The first-order chi connectivity index (χ1) is 9.65. The third-order valence-corrected chi connectivity index (χ3v) is 3.99. The molecule has 102 valence electrons. The van der Waals surface area contributed by atoms with Crippen LogP contribution in [0, 0.1) is 0 Å². The van der Waals surface area contributed by atoms with Crippen molar-refractivity contribution in [2.24, 2.45) is 0 Å². The Morgan fingerprint density at radius 3 is 2.60 bits per heavy atom. The van der Waals surface area contributed by atoms with Gasteiger partial charge < -0.3 is 9.80 Å². The smallest absolute Gasteiger partial charge is 0.246 e. The van der Waals surface area contributed by atoms with E-state index in [1.807, 2.05) is 65.4 Å². The molecule has 0 unspecified atom stereocenters. The van der Waals surface area contributed by atoms with Crippen LogP contribution in [0.15, 0.2) is 53.0 Å². The minimum absolute atomic E-state index is 0.127. The fourth-order valence-electron chi connectivity index (χ4n) is 2.48. The predicted octanol–water partition coefficient (Wildman–Crippen LogP) is 3.43. The number of halogens is 1. The summed E-state index contributed by atoms with van der Waals surface area (Å²) in [6, 6.07) is 16.1. The number of likely N-dealkylation sites (N-methyl/N-ethyl adjacent to an activating group) is 1. The molecule has 1 aliphatic heterocycles. The van der Waals surface area contributed by atoms with Crippen molar-refractivity contribution >= 4 is 33.2 Å². The molecular formula is C16H15BrN2O. The predicted molar refractivity (Wildman–Crippen MR) is 85.0 cm³/mol. The number of anilines is 2. The Morgan fingerprint density at radius 2 is 1.85 bits per heavy atom. The molecule has 2 aromatic carbocycles. The van der Waals surface area contributed by atoms with Crippen LogP contribution >= 0.6 is 15.9 Å². The van der Waals surface area contributed by atoms with E-state index in [1.54, 1.807) is 0 Å². The molecule has 1 amide bonds. The largest absolute Gasteiger partial charge is 0.364 e. The molecule has 0 aromatic heterocycles. The van der Waals surface area contributed by atoms with Crippen molar-refractivity contribution in [2.75, 3.05) is 23.4 Å². The lowest BCUT2D eigenvalue weighted by atomic mass is 10.1. The molecule has 0 bridgehead atoms. The Labute approximate surface area is 126 Å². The van der Waals surface area contributed by atoms with Crippen LogP contribution in [0.4, 0.5) is 11.4 Å². The lowest BCUT2D eigenvalue weighted by molar-refractivity contribution is -0.117. The second-order valence-corrected chi connectivity index (χ2v) is 5.87. The van der Waals surface area contributed by atoms with Gasteiger partial charge in [-0.25, -0.2) is 0 Å². The van der Waals surface area contributed by atoms with E-state index >= 15 is 0 Å². The Kier molecular flexibility index (Phi) is 3.49. The molecular weight excluding hydrogens is 316 g/mol. The van der Waals surface area contributed by atoms with Gasteiger partial charge in [0.05, 0.1) is 24.5 Å². The topological polar surface area (TPSA) is 23.6 Å². The fraction of sp³-hybridized carbons (Fsp3) is 0.188. The van der Waals surface area contributed by atoms with Crippen molar-refractivity contribution < 1.29 is 4.79 Å². The maximum absolute atomic E-state index is 12.4. The first-order valence-electron chi connectivity index (χ1n) is 6.50. The maximum Gasteiger partial charge on any atom is 0.246 e. The normalized spacial score (nSPS) is 14.4. The van der Waals surface area contributed by atoms with Crippen molar-refractivity contribution in [2.45, 2.75) is 6.54 Å². The highest BCUT2D eigenvalue weighted by molar-refractivity contribution is 9.10. The van der Waals surface area contributed by atoms with E-state index in [1.165, 1.54) is 0 Å². The third kappa shape index (κ3) is 2.43. The number of hydrogen-bond acceptors (Lipinski definition) is 2. The van der Waals surface area contributed by atoms with Crippen molar-refractivity contribution in [1.82, 2.24) is 0 Å². The summed E-state index contributed by atoms with van der Waals surface area (Å²) in [7, 11) is 1.95. The molecule has 0 N–H and O–H groups in total. The maximum atomic E-state index is 12.4. The van der Waals surface area contributed by atoms with E-state index in [-0.39, 0.29) is 5.91 Å². The molecule has 0 saturated heterocycles. The first-order valence-corrected chi connectivity index (χ1v) is 7.29. The average Bonchev–Trinajstić information content (AvgIpc) is 2.44. The van der Waals surface area contributed by atoms with Gasteiger partial charge in [-0.3, -0.25) is 4.79 Å². The van der Waals surface area contributed by atoms with Crippen molar-refractivity contribution in [1.29, 1.82) is 0 Å². The molecule has 0 saturated carbocycles. The summed E-state index contributed by atoms with van der Waals surface area (Å²) in [5.74, 6) is 0.127. The summed E-state index contributed by atoms with van der Waals surface area (Å²) in [6.07, 6.45) is 0. The quantitative estimate of drug-likeness (QED) is 0.842. The third-order valence-electron chi connectivity index (χ3n) is 3.50. The second-order valence-electron chi connectivity index (χ2n) is 4.95. The summed E-state index contributed by atoms with van der Waals surface area (Å²) in [6.45, 7) is 1.03. The van der Waals surface area contributed by atoms with E-state index in [4.69, 9.17) is 0 Å². The van der Waals surface area contributed by atoms with Crippen molar-refractivity contribution in [3.8, 4) is 0 Å². The van der Waals surface area contributed by atoms with Crippen LogP contribution in [-0.4, -0.2) is 19.5 Å². The Hall–Kier alpha value is -1.81. The highest BCUT2D eigenvalue weighted by atomic mass is 79.9. The number of rotatable bonds is 2. The summed E-state index contributed by atoms with van der Waals surface area (Å²) >= 11 is 3.49. The van der Waals surface area contributed by atoms with E-state index < -0.39 is 0 Å². The Balaban J connectivity index is 2.00. The molecule has 0 fully saturated rings. The summed E-state index contributed by atoms with van der Waals surface area (Å²) < 4.78 is 0.984. The van der Waals surface area contributed by atoms with E-state index in [9.17, 15) is 4.79 Å². The molecule has 0 atom stereocenters. The van der Waals surface area contributed by atoms with E-state index in [2.05, 4.69) is 15.9 Å². The highest BCUT2D eigenvalue weighted by Crippen LogP contribution is 2.35. The molecule has 0 radical (unpaired) electrons. The summed E-state index contributed by atoms with van der Waals surface area (Å²) in [5, 5.41) is 0. The van der Waals surface area contributed by atoms with Gasteiger partial charge in [0, 0.05) is 11.5 Å². The second kappa shape index (κ2) is 5.29. The lowest BCUT2D eigenvalue weighted by Gasteiger charge is -2.35. The zero-order valence-electron chi connectivity index (χ0n) is 11.2. The number of carbonyl (C=O) groups excluding carboxylic acids is 1. The monoisotopic (exact) mass is 330 g/mol. The van der Waals surface area contributed by atoms with Gasteiger partial charge in [-0.2, -0.15) is 0 Å². The molecule has 0 aliphatic carbocycles. The Morgan fingerprint density at radius 1 is 1.10 bits per heavy atom. The minimum atomic E-state index is 0.127. The number of nitrogens with zero attached hydrogens (tertiary/aromatic N) is 2. The van der Waals surface area contributed by atoms with Crippen LogP contribution in [-0.2, 0) is 11.3 Å². The van der Waals surface area contributed by atoms with Gasteiger partial charge in [0.2, 0.25) is 5.91 Å². The number of hydrogen-bond donors (Lipinski definition) is 0. The lowest BCUT2D eigenvalue weighted by Crippen LogP contribution is -2.43. The van der Waals surface area contributed by atoms with Gasteiger partial charge in [0.25, 0.3) is 0 Å².